The molecule has 0 spiro atoms. The zero-order valence-electron chi connectivity index (χ0n) is 15.9. The van der Waals surface area contributed by atoms with Crippen LogP contribution in [0, 0.1) is 5.82 Å². The molecule has 2 aromatic carbocycles. The first-order valence-electron chi connectivity index (χ1n) is 9.96. The molecule has 0 aliphatic carbocycles. The molecule has 0 atom stereocenters. The van der Waals surface area contributed by atoms with E-state index in [0.29, 0.717) is 0 Å². The number of benzene rings is 2. The monoisotopic (exact) mass is 376 g/mol. The van der Waals surface area contributed by atoms with Crippen molar-refractivity contribution in [2.24, 2.45) is 0 Å². The highest BCUT2D eigenvalue weighted by atomic mass is 19.1. The minimum atomic E-state index is -0.203. The minimum Gasteiger partial charge on any atom is -0.370 e. The van der Waals surface area contributed by atoms with E-state index in [2.05, 4.69) is 22.3 Å². The maximum absolute atomic E-state index is 13.1. The Morgan fingerprint density at radius 3 is 2.39 bits per heavy atom. The van der Waals surface area contributed by atoms with Crippen LogP contribution in [0.15, 0.2) is 60.7 Å². The molecule has 1 aliphatic rings. The van der Waals surface area contributed by atoms with Crippen molar-refractivity contribution in [2.75, 3.05) is 29.9 Å². The molecular weight excluding hydrogens is 351 g/mol. The molecule has 1 aliphatic heterocycles. The third kappa shape index (κ3) is 4.66. The lowest BCUT2D eigenvalue weighted by atomic mass is 10.1. The third-order valence-electron chi connectivity index (χ3n) is 5.06. The SMILES string of the molecule is Fc1ccc(CCNc2cc(-c3ccccc3)nc(N3CCCCC3)n2)cc1. The highest BCUT2D eigenvalue weighted by Crippen LogP contribution is 2.24. The van der Waals surface area contributed by atoms with Crippen LogP contribution in [0.4, 0.5) is 16.2 Å². The predicted molar refractivity (Wildman–Crippen MR) is 112 cm³/mol. The van der Waals surface area contributed by atoms with Crippen LogP contribution < -0.4 is 10.2 Å². The fourth-order valence-corrected chi connectivity index (χ4v) is 3.50. The van der Waals surface area contributed by atoms with Gasteiger partial charge in [0.2, 0.25) is 5.95 Å². The second kappa shape index (κ2) is 8.83. The summed E-state index contributed by atoms with van der Waals surface area (Å²) in [5.74, 6) is 1.42. The molecule has 1 saturated heterocycles. The van der Waals surface area contributed by atoms with Gasteiger partial charge in [-0.3, -0.25) is 0 Å². The number of rotatable bonds is 6. The number of nitrogens with zero attached hydrogens (tertiary/aromatic N) is 3. The fourth-order valence-electron chi connectivity index (χ4n) is 3.50. The Bertz CT molecular complexity index is 890. The van der Waals surface area contributed by atoms with E-state index in [1.54, 1.807) is 0 Å². The van der Waals surface area contributed by atoms with E-state index < -0.39 is 0 Å². The topological polar surface area (TPSA) is 41.1 Å². The van der Waals surface area contributed by atoms with Crippen molar-refractivity contribution in [3.63, 3.8) is 0 Å². The van der Waals surface area contributed by atoms with Crippen LogP contribution in [-0.4, -0.2) is 29.6 Å². The Hall–Kier alpha value is -2.95. The van der Waals surface area contributed by atoms with Crippen LogP contribution in [0.1, 0.15) is 24.8 Å². The van der Waals surface area contributed by atoms with E-state index in [1.807, 2.05) is 36.4 Å². The molecule has 0 bridgehead atoms. The van der Waals surface area contributed by atoms with Crippen LogP contribution >= 0.6 is 0 Å². The summed E-state index contributed by atoms with van der Waals surface area (Å²) in [5, 5.41) is 3.43. The quantitative estimate of drug-likeness (QED) is 0.662. The molecule has 0 amide bonds. The summed E-state index contributed by atoms with van der Waals surface area (Å²) in [6.07, 6.45) is 4.46. The van der Waals surface area contributed by atoms with Gasteiger partial charge in [0.05, 0.1) is 5.69 Å². The summed E-state index contributed by atoms with van der Waals surface area (Å²) < 4.78 is 13.1. The second-order valence-corrected chi connectivity index (χ2v) is 7.16. The molecule has 1 fully saturated rings. The zero-order valence-corrected chi connectivity index (χ0v) is 15.9. The highest BCUT2D eigenvalue weighted by Gasteiger charge is 2.16. The highest BCUT2D eigenvalue weighted by molar-refractivity contribution is 5.64. The number of hydrogen-bond acceptors (Lipinski definition) is 4. The Balaban J connectivity index is 1.53. The number of hydrogen-bond donors (Lipinski definition) is 1. The first-order valence-corrected chi connectivity index (χ1v) is 9.96. The number of nitrogens with one attached hydrogen (secondary N) is 1. The molecular formula is C23H25FN4. The van der Waals surface area contributed by atoms with Gasteiger partial charge in [0, 0.05) is 31.3 Å². The van der Waals surface area contributed by atoms with Gasteiger partial charge in [-0.15, -0.1) is 0 Å². The molecule has 4 rings (SSSR count). The Morgan fingerprint density at radius 1 is 0.893 bits per heavy atom. The third-order valence-corrected chi connectivity index (χ3v) is 5.06. The first-order chi connectivity index (χ1) is 13.8. The van der Waals surface area contributed by atoms with Gasteiger partial charge in [0.25, 0.3) is 0 Å². The molecule has 0 unspecified atom stereocenters. The Labute approximate surface area is 165 Å². The minimum absolute atomic E-state index is 0.203. The van der Waals surface area contributed by atoms with Crippen molar-refractivity contribution in [3.8, 4) is 11.3 Å². The van der Waals surface area contributed by atoms with E-state index in [9.17, 15) is 4.39 Å². The fraction of sp³-hybridized carbons (Fsp3) is 0.304. The molecule has 4 nitrogen and oxygen atoms in total. The number of aromatic nitrogens is 2. The van der Waals surface area contributed by atoms with Crippen molar-refractivity contribution < 1.29 is 4.39 Å². The number of piperidine rings is 1. The van der Waals surface area contributed by atoms with Gasteiger partial charge in [-0.2, -0.15) is 4.98 Å². The summed E-state index contributed by atoms with van der Waals surface area (Å²) in [6.45, 7) is 2.75. The molecule has 5 heteroatoms. The Morgan fingerprint density at radius 2 is 1.64 bits per heavy atom. The molecule has 2 heterocycles. The van der Waals surface area contributed by atoms with Crippen molar-refractivity contribution >= 4 is 11.8 Å². The summed E-state index contributed by atoms with van der Waals surface area (Å²) >= 11 is 0. The second-order valence-electron chi connectivity index (χ2n) is 7.16. The van der Waals surface area contributed by atoms with Crippen molar-refractivity contribution in [1.82, 2.24) is 9.97 Å². The van der Waals surface area contributed by atoms with Crippen LogP contribution in [0.2, 0.25) is 0 Å². The van der Waals surface area contributed by atoms with Gasteiger partial charge in [-0.25, -0.2) is 9.37 Å². The summed E-state index contributed by atoms with van der Waals surface area (Å²) in [5.41, 5.74) is 3.12. The molecule has 1 aromatic heterocycles. The van der Waals surface area contributed by atoms with Crippen LogP contribution in [-0.2, 0) is 6.42 Å². The summed E-state index contributed by atoms with van der Waals surface area (Å²) in [4.78, 5) is 11.9. The summed E-state index contributed by atoms with van der Waals surface area (Å²) in [6, 6.07) is 18.9. The van der Waals surface area contributed by atoms with Crippen molar-refractivity contribution in [2.45, 2.75) is 25.7 Å². The normalized spacial score (nSPS) is 14.1. The van der Waals surface area contributed by atoms with Crippen molar-refractivity contribution in [3.05, 3.63) is 72.0 Å². The van der Waals surface area contributed by atoms with Gasteiger partial charge in [-0.05, 0) is 43.4 Å². The van der Waals surface area contributed by atoms with E-state index in [4.69, 9.17) is 9.97 Å². The van der Waals surface area contributed by atoms with E-state index >= 15 is 0 Å². The lowest BCUT2D eigenvalue weighted by molar-refractivity contribution is 0.568. The number of anilines is 2. The number of halogens is 1. The summed E-state index contributed by atoms with van der Waals surface area (Å²) in [7, 11) is 0. The van der Waals surface area contributed by atoms with Gasteiger partial charge in [0.1, 0.15) is 11.6 Å². The van der Waals surface area contributed by atoms with Gasteiger partial charge < -0.3 is 10.2 Å². The lowest BCUT2D eigenvalue weighted by Crippen LogP contribution is -2.31. The predicted octanol–water partition coefficient (Wildman–Crippen LogP) is 4.93. The molecule has 1 N–H and O–H groups in total. The van der Waals surface area contributed by atoms with Gasteiger partial charge >= 0.3 is 0 Å². The maximum atomic E-state index is 13.1. The standard InChI is InChI=1S/C23H25FN4/c24-20-11-9-18(10-12-20)13-14-25-22-17-21(19-7-3-1-4-8-19)26-23(27-22)28-15-5-2-6-16-28/h1,3-4,7-12,17H,2,5-6,13-16H2,(H,25,26,27). The first kappa shape index (κ1) is 18.4. The smallest absolute Gasteiger partial charge is 0.227 e. The zero-order chi connectivity index (χ0) is 19.2. The van der Waals surface area contributed by atoms with Gasteiger partial charge in [-0.1, -0.05) is 42.5 Å². The van der Waals surface area contributed by atoms with E-state index in [0.717, 1.165) is 54.6 Å². The molecule has 144 valence electrons. The Kier molecular flexibility index (Phi) is 5.80. The average molecular weight is 376 g/mol. The van der Waals surface area contributed by atoms with Gasteiger partial charge in [0.15, 0.2) is 0 Å². The molecule has 28 heavy (non-hydrogen) atoms. The maximum Gasteiger partial charge on any atom is 0.227 e. The van der Waals surface area contributed by atoms with E-state index in [1.165, 1.54) is 31.4 Å². The van der Waals surface area contributed by atoms with Crippen LogP contribution in [0.25, 0.3) is 11.3 Å². The lowest BCUT2D eigenvalue weighted by Gasteiger charge is -2.27. The average Bonchev–Trinajstić information content (AvgIpc) is 2.76. The van der Waals surface area contributed by atoms with Crippen molar-refractivity contribution in [1.29, 1.82) is 0 Å². The van der Waals surface area contributed by atoms with Crippen LogP contribution in [0.5, 0.6) is 0 Å². The largest absolute Gasteiger partial charge is 0.370 e. The molecule has 0 saturated carbocycles. The molecule has 0 radical (unpaired) electrons. The van der Waals surface area contributed by atoms with E-state index in [-0.39, 0.29) is 5.82 Å². The van der Waals surface area contributed by atoms with Crippen LogP contribution in [0.3, 0.4) is 0 Å². The molecule has 3 aromatic rings.